The molecule has 9 heteroatoms. The van der Waals surface area contributed by atoms with E-state index in [1.807, 2.05) is 0 Å². The Kier molecular flexibility index (Phi) is 3.73. The number of terminal acetylenes is 1. The smallest absolute Gasteiger partial charge is 0.330 e. The van der Waals surface area contributed by atoms with Crippen LogP contribution in [0.3, 0.4) is 0 Å². The third-order valence-electron chi connectivity index (χ3n) is 3.40. The van der Waals surface area contributed by atoms with Crippen molar-refractivity contribution in [1.29, 1.82) is 0 Å². The summed E-state index contributed by atoms with van der Waals surface area (Å²) in [6, 6.07) is 0. The molecule has 1 unspecified atom stereocenters. The first-order chi connectivity index (χ1) is 9.72. The quantitative estimate of drug-likeness (QED) is 0.452. The van der Waals surface area contributed by atoms with Crippen LogP contribution < -0.4 is 17.0 Å². The molecule has 0 amide bonds. The van der Waals surface area contributed by atoms with Crippen LogP contribution in [0.15, 0.2) is 15.8 Å². The summed E-state index contributed by atoms with van der Waals surface area (Å²) < 4.78 is 19.3. The highest BCUT2D eigenvalue weighted by Gasteiger charge is 2.55. The molecule has 1 aromatic heterocycles. The van der Waals surface area contributed by atoms with Crippen LogP contribution in [-0.4, -0.2) is 43.6 Å². The Balaban J connectivity index is 2.58. The fraction of sp³-hybridized carbons (Fsp3) is 0.500. The molecule has 0 spiro atoms. The second-order valence-corrected chi connectivity index (χ2v) is 4.86. The van der Waals surface area contributed by atoms with Gasteiger partial charge in [0.25, 0.3) is 5.56 Å². The number of nitrogens with zero attached hydrogens (tertiary/aromatic N) is 1. The zero-order valence-corrected chi connectivity index (χ0v) is 11.0. The Morgan fingerprint density at radius 3 is 2.81 bits per heavy atom. The van der Waals surface area contributed by atoms with E-state index < -0.39 is 47.1 Å². The SMILES string of the molecule is C#CC1(N)[C@@H](O)[C@@H]([C@H](C)O)O[C@H]1n1cc(F)c(=O)[nH]c1=O. The van der Waals surface area contributed by atoms with Gasteiger partial charge in [-0.1, -0.05) is 5.92 Å². The molecule has 5 atom stereocenters. The second kappa shape index (κ2) is 5.09. The van der Waals surface area contributed by atoms with Gasteiger partial charge in [0, 0.05) is 0 Å². The molecule has 0 aliphatic carbocycles. The molecule has 0 radical (unpaired) electrons. The highest BCUT2D eigenvalue weighted by atomic mass is 19.1. The van der Waals surface area contributed by atoms with Gasteiger partial charge < -0.3 is 20.7 Å². The van der Waals surface area contributed by atoms with E-state index in [2.05, 4.69) is 5.92 Å². The number of hydrogen-bond donors (Lipinski definition) is 4. The summed E-state index contributed by atoms with van der Waals surface area (Å²) in [6.07, 6.45) is 0.631. The Labute approximate surface area is 118 Å². The fourth-order valence-electron chi connectivity index (χ4n) is 2.22. The van der Waals surface area contributed by atoms with E-state index in [1.54, 1.807) is 4.98 Å². The van der Waals surface area contributed by atoms with Gasteiger partial charge >= 0.3 is 5.69 Å². The molecule has 1 saturated heterocycles. The maximum absolute atomic E-state index is 13.4. The number of aromatic amines is 1. The van der Waals surface area contributed by atoms with Crippen LogP contribution in [-0.2, 0) is 4.74 Å². The number of halogens is 1. The summed E-state index contributed by atoms with van der Waals surface area (Å²) in [4.78, 5) is 24.5. The Bertz CT molecular complexity index is 706. The van der Waals surface area contributed by atoms with Crippen LogP contribution in [0.25, 0.3) is 0 Å². The summed E-state index contributed by atoms with van der Waals surface area (Å²) in [5.41, 5.74) is 1.78. The van der Waals surface area contributed by atoms with E-state index in [0.29, 0.717) is 10.8 Å². The van der Waals surface area contributed by atoms with E-state index in [4.69, 9.17) is 16.9 Å². The van der Waals surface area contributed by atoms with Crippen LogP contribution in [0.4, 0.5) is 4.39 Å². The molecule has 1 fully saturated rings. The molecule has 0 bridgehead atoms. The van der Waals surface area contributed by atoms with E-state index in [9.17, 15) is 24.2 Å². The lowest BCUT2D eigenvalue weighted by atomic mass is 9.90. The number of hydrogen-bond acceptors (Lipinski definition) is 6. The van der Waals surface area contributed by atoms with Crippen molar-refractivity contribution in [3.05, 3.63) is 32.9 Å². The third-order valence-corrected chi connectivity index (χ3v) is 3.40. The Morgan fingerprint density at radius 1 is 1.67 bits per heavy atom. The van der Waals surface area contributed by atoms with Crippen molar-refractivity contribution in [1.82, 2.24) is 9.55 Å². The number of H-pyrrole nitrogens is 1. The highest BCUT2D eigenvalue weighted by molar-refractivity contribution is 5.23. The maximum Gasteiger partial charge on any atom is 0.330 e. The fourth-order valence-corrected chi connectivity index (χ4v) is 2.22. The summed E-state index contributed by atoms with van der Waals surface area (Å²) in [7, 11) is 0. The van der Waals surface area contributed by atoms with E-state index in [1.165, 1.54) is 6.92 Å². The molecule has 114 valence electrons. The van der Waals surface area contributed by atoms with Gasteiger partial charge in [-0.05, 0) is 6.92 Å². The van der Waals surface area contributed by atoms with Crippen molar-refractivity contribution in [3.63, 3.8) is 0 Å². The van der Waals surface area contributed by atoms with Gasteiger partial charge in [-0.3, -0.25) is 14.3 Å². The van der Waals surface area contributed by atoms with Crippen molar-refractivity contribution < 1.29 is 19.3 Å². The van der Waals surface area contributed by atoms with Crippen LogP contribution >= 0.6 is 0 Å². The summed E-state index contributed by atoms with van der Waals surface area (Å²) in [5.74, 6) is 0.859. The van der Waals surface area contributed by atoms with Gasteiger partial charge in [0.1, 0.15) is 12.2 Å². The molecular weight excluding hydrogens is 285 g/mol. The molecule has 8 nitrogen and oxygen atoms in total. The molecule has 1 aliphatic heterocycles. The Morgan fingerprint density at radius 2 is 2.29 bits per heavy atom. The van der Waals surface area contributed by atoms with E-state index in [0.717, 1.165) is 0 Å². The molecule has 1 aromatic rings. The lowest BCUT2D eigenvalue weighted by molar-refractivity contribution is -0.0781. The molecule has 0 aromatic carbocycles. The number of aliphatic hydroxyl groups excluding tert-OH is 2. The highest BCUT2D eigenvalue weighted by Crippen LogP contribution is 2.36. The number of nitrogens with one attached hydrogen (secondary N) is 1. The predicted octanol–water partition coefficient (Wildman–Crippen LogP) is -2.35. The van der Waals surface area contributed by atoms with Gasteiger partial charge in [0.15, 0.2) is 11.8 Å². The first-order valence-electron chi connectivity index (χ1n) is 6.01. The lowest BCUT2D eigenvalue weighted by Gasteiger charge is -2.27. The van der Waals surface area contributed by atoms with Gasteiger partial charge in [0.2, 0.25) is 5.82 Å². The number of rotatable bonds is 2. The van der Waals surface area contributed by atoms with Crippen molar-refractivity contribution in [2.45, 2.75) is 37.0 Å². The van der Waals surface area contributed by atoms with Crippen molar-refractivity contribution in [2.75, 3.05) is 0 Å². The number of aromatic nitrogens is 2. The number of ether oxygens (including phenoxy) is 1. The first kappa shape index (κ1) is 15.4. The zero-order valence-electron chi connectivity index (χ0n) is 11.0. The monoisotopic (exact) mass is 299 g/mol. The minimum Gasteiger partial charge on any atom is -0.391 e. The number of aliphatic hydroxyl groups is 2. The topological polar surface area (TPSA) is 131 Å². The van der Waals surface area contributed by atoms with Crippen molar-refractivity contribution in [2.24, 2.45) is 5.73 Å². The zero-order chi connectivity index (χ0) is 15.9. The Hall–Kier alpha value is -1.99. The minimum atomic E-state index is -1.88. The average molecular weight is 299 g/mol. The lowest BCUT2D eigenvalue weighted by Crippen LogP contribution is -2.55. The molecule has 0 saturated carbocycles. The van der Waals surface area contributed by atoms with Crippen molar-refractivity contribution >= 4 is 0 Å². The van der Waals surface area contributed by atoms with Gasteiger partial charge in [-0.25, -0.2) is 4.79 Å². The summed E-state index contributed by atoms with van der Waals surface area (Å²) >= 11 is 0. The van der Waals surface area contributed by atoms with Crippen LogP contribution in [0, 0.1) is 18.2 Å². The standard InChI is InChI=1S/C12H14FN3O5/c1-3-12(14)8(18)7(5(2)17)21-10(12)16-4-6(13)9(19)15-11(16)20/h1,4-5,7-8,10,17-18H,14H2,2H3,(H,15,19,20)/t5-,7+,8-,10+,12?/m0/s1. The molecule has 2 rings (SSSR count). The largest absolute Gasteiger partial charge is 0.391 e. The van der Waals surface area contributed by atoms with Crippen LogP contribution in [0.2, 0.25) is 0 Å². The van der Waals surface area contributed by atoms with E-state index >= 15 is 0 Å². The maximum atomic E-state index is 13.4. The van der Waals surface area contributed by atoms with Crippen molar-refractivity contribution in [3.8, 4) is 12.3 Å². The summed E-state index contributed by atoms with van der Waals surface area (Å²) in [5, 5.41) is 19.6. The van der Waals surface area contributed by atoms with Gasteiger partial charge in [-0.2, -0.15) is 4.39 Å². The second-order valence-electron chi connectivity index (χ2n) is 4.86. The molecule has 21 heavy (non-hydrogen) atoms. The van der Waals surface area contributed by atoms with E-state index in [-0.39, 0.29) is 0 Å². The normalized spacial score (nSPS) is 33.6. The molecule has 1 aliphatic rings. The van der Waals surface area contributed by atoms with Gasteiger partial charge in [0.05, 0.1) is 12.3 Å². The molecule has 5 N–H and O–H groups in total. The average Bonchev–Trinajstić information content (AvgIpc) is 2.68. The molecule has 2 heterocycles. The molecular formula is C12H14FN3O5. The first-order valence-corrected chi connectivity index (χ1v) is 6.01. The number of nitrogens with two attached hydrogens (primary N) is 1. The van der Waals surface area contributed by atoms with Crippen LogP contribution in [0.5, 0.6) is 0 Å². The van der Waals surface area contributed by atoms with Gasteiger partial charge in [-0.15, -0.1) is 6.42 Å². The predicted molar refractivity (Wildman–Crippen MR) is 68.6 cm³/mol. The summed E-state index contributed by atoms with van der Waals surface area (Å²) in [6.45, 7) is 1.34. The third kappa shape index (κ3) is 2.28. The minimum absolute atomic E-state index is 0.585. The van der Waals surface area contributed by atoms with Crippen LogP contribution in [0.1, 0.15) is 13.2 Å².